The second-order valence-electron chi connectivity index (χ2n) is 15.2. The van der Waals surface area contributed by atoms with Crippen LogP contribution in [-0.4, -0.2) is 46.9 Å². The third-order valence-corrected chi connectivity index (χ3v) is 9.96. The number of allylic oxidation sites excluding steroid dienone is 12. The molecule has 0 aromatic carbocycles. The topological polar surface area (TPSA) is 95.9 Å². The molecule has 0 spiro atoms. The minimum absolute atomic E-state index is 0.0251. The van der Waals surface area contributed by atoms with Gasteiger partial charge in [-0.1, -0.05) is 222 Å². The van der Waals surface area contributed by atoms with E-state index in [-0.39, 0.29) is 24.9 Å². The van der Waals surface area contributed by atoms with Gasteiger partial charge in [0.05, 0.1) is 25.2 Å². The fourth-order valence-corrected chi connectivity index (χ4v) is 6.53. The zero-order valence-electron chi connectivity index (χ0n) is 35.8. The average Bonchev–Trinajstić information content (AvgIpc) is 3.18. The van der Waals surface area contributed by atoms with Crippen molar-refractivity contribution < 1.29 is 24.5 Å². The lowest BCUT2D eigenvalue weighted by atomic mass is 10.0. The normalized spacial score (nSPS) is 14.1. The first kappa shape index (κ1) is 52.3. The molecule has 6 heteroatoms. The summed E-state index contributed by atoms with van der Waals surface area (Å²) >= 11 is 0. The minimum Gasteiger partial charge on any atom is -0.462 e. The number of aliphatic hydroxyl groups excluding tert-OH is 2. The Balaban J connectivity index is 4.75. The Hall–Kier alpha value is -2.70. The third-order valence-electron chi connectivity index (χ3n) is 9.96. The van der Waals surface area contributed by atoms with Gasteiger partial charge in [0.1, 0.15) is 6.10 Å². The summed E-state index contributed by atoms with van der Waals surface area (Å²) in [6.07, 6.45) is 52.5. The van der Waals surface area contributed by atoms with Gasteiger partial charge in [-0.2, -0.15) is 0 Å². The van der Waals surface area contributed by atoms with Crippen molar-refractivity contribution in [2.24, 2.45) is 0 Å². The van der Waals surface area contributed by atoms with Crippen molar-refractivity contribution in [3.05, 3.63) is 72.9 Å². The molecule has 6 nitrogen and oxygen atoms in total. The van der Waals surface area contributed by atoms with E-state index >= 15 is 0 Å². The molecule has 0 radical (unpaired) electrons. The van der Waals surface area contributed by atoms with E-state index in [0.29, 0.717) is 19.3 Å². The van der Waals surface area contributed by atoms with Gasteiger partial charge in [-0.3, -0.25) is 9.59 Å². The Morgan fingerprint density at radius 3 is 1.45 bits per heavy atom. The molecule has 55 heavy (non-hydrogen) atoms. The van der Waals surface area contributed by atoms with E-state index < -0.39 is 18.2 Å². The summed E-state index contributed by atoms with van der Waals surface area (Å²) in [6, 6.07) is -0.725. The molecule has 0 bridgehead atoms. The molecule has 1 amide bonds. The molecule has 3 unspecified atom stereocenters. The van der Waals surface area contributed by atoms with Gasteiger partial charge in [0.25, 0.3) is 0 Å². The first-order valence-electron chi connectivity index (χ1n) is 22.7. The van der Waals surface area contributed by atoms with Gasteiger partial charge in [-0.25, -0.2) is 0 Å². The minimum atomic E-state index is -0.807. The van der Waals surface area contributed by atoms with E-state index in [9.17, 15) is 19.8 Å². The number of unbranched alkanes of at least 4 members (excludes halogenated alkanes) is 20. The molecule has 0 heterocycles. The molecule has 0 aliphatic heterocycles. The van der Waals surface area contributed by atoms with Gasteiger partial charge in [0.15, 0.2) is 0 Å². The highest BCUT2D eigenvalue weighted by Gasteiger charge is 2.24. The number of rotatable bonds is 39. The number of carbonyl (C=O) groups excluding carboxylic acids is 2. The maximum absolute atomic E-state index is 13.1. The first-order chi connectivity index (χ1) is 27.0. The van der Waals surface area contributed by atoms with Crippen molar-refractivity contribution in [3.63, 3.8) is 0 Å². The highest BCUT2D eigenvalue weighted by Crippen LogP contribution is 2.16. The Bertz CT molecular complexity index is 1040. The van der Waals surface area contributed by atoms with E-state index in [2.05, 4.69) is 38.2 Å². The van der Waals surface area contributed by atoms with Crippen LogP contribution in [0.1, 0.15) is 201 Å². The van der Waals surface area contributed by atoms with Gasteiger partial charge in [0, 0.05) is 6.42 Å². The molecule has 0 aromatic rings. The molecular formula is C49H85NO5. The van der Waals surface area contributed by atoms with Crippen LogP contribution in [0.15, 0.2) is 72.9 Å². The van der Waals surface area contributed by atoms with Crippen LogP contribution in [0.25, 0.3) is 0 Å². The Morgan fingerprint density at radius 1 is 0.545 bits per heavy atom. The monoisotopic (exact) mass is 768 g/mol. The van der Waals surface area contributed by atoms with E-state index in [0.717, 1.165) is 57.8 Å². The quantitative estimate of drug-likeness (QED) is 0.0329. The fourth-order valence-electron chi connectivity index (χ4n) is 6.53. The van der Waals surface area contributed by atoms with Gasteiger partial charge in [0.2, 0.25) is 5.91 Å². The predicted molar refractivity (Wildman–Crippen MR) is 236 cm³/mol. The summed E-state index contributed by atoms with van der Waals surface area (Å²) in [5.41, 5.74) is 0. The lowest BCUT2D eigenvalue weighted by molar-refractivity contribution is -0.151. The summed E-state index contributed by atoms with van der Waals surface area (Å²) in [5, 5.41) is 23.6. The van der Waals surface area contributed by atoms with Crippen molar-refractivity contribution in [2.45, 2.75) is 219 Å². The van der Waals surface area contributed by atoms with Crippen LogP contribution in [0.3, 0.4) is 0 Å². The molecule has 0 saturated heterocycles. The van der Waals surface area contributed by atoms with E-state index in [1.165, 1.54) is 96.3 Å². The Kier molecular flexibility index (Phi) is 40.4. The molecule has 0 saturated carbocycles. The summed E-state index contributed by atoms with van der Waals surface area (Å²) in [5.74, 6) is -0.556. The number of hydrogen-bond donors (Lipinski definition) is 3. The second kappa shape index (κ2) is 42.4. The van der Waals surface area contributed by atoms with Crippen LogP contribution < -0.4 is 5.32 Å². The highest BCUT2D eigenvalue weighted by atomic mass is 16.5. The van der Waals surface area contributed by atoms with Crippen LogP contribution in [-0.2, 0) is 14.3 Å². The zero-order chi connectivity index (χ0) is 40.3. The zero-order valence-corrected chi connectivity index (χ0v) is 35.8. The number of amides is 1. The van der Waals surface area contributed by atoms with Crippen molar-refractivity contribution in [3.8, 4) is 0 Å². The summed E-state index contributed by atoms with van der Waals surface area (Å²) in [7, 11) is 0. The van der Waals surface area contributed by atoms with Crippen molar-refractivity contribution in [2.75, 3.05) is 6.61 Å². The standard InChI is InChI=1S/C49H85NO5/c1-4-7-10-13-16-19-21-23-24-25-26-29-31-34-37-40-45(55-49(54)42-39-36-33-28-18-15-12-9-6-3)43-48(53)50-46(44-51)47(52)41-38-35-32-30-27-22-20-17-14-11-8-5-2/h7,10,13,16,19,21,23-26,29,31,45-47,51-52H,4-6,8-9,11-12,14-15,17-18,20,22,27-28,30,32-44H2,1-3H3,(H,50,53)/b10-7-,16-13+,21-19+,24-23-,26-25+,31-29+. The number of nitrogens with one attached hydrogen (secondary N) is 1. The molecular weight excluding hydrogens is 683 g/mol. The highest BCUT2D eigenvalue weighted by molar-refractivity contribution is 5.77. The third kappa shape index (κ3) is 38.0. The predicted octanol–water partition coefficient (Wildman–Crippen LogP) is 13.1. The van der Waals surface area contributed by atoms with Gasteiger partial charge in [-0.05, 0) is 38.5 Å². The summed E-state index contributed by atoms with van der Waals surface area (Å²) < 4.78 is 5.85. The fraction of sp³-hybridized carbons (Fsp3) is 0.714. The summed E-state index contributed by atoms with van der Waals surface area (Å²) in [4.78, 5) is 25.9. The molecule has 3 N–H and O–H groups in total. The van der Waals surface area contributed by atoms with Crippen molar-refractivity contribution >= 4 is 11.9 Å². The number of carbonyl (C=O) groups is 2. The Labute approximate surface area is 339 Å². The average molecular weight is 768 g/mol. The lowest BCUT2D eigenvalue weighted by Gasteiger charge is -2.24. The van der Waals surface area contributed by atoms with E-state index in [4.69, 9.17) is 4.74 Å². The largest absolute Gasteiger partial charge is 0.462 e. The van der Waals surface area contributed by atoms with Crippen LogP contribution in [0.4, 0.5) is 0 Å². The molecule has 0 aliphatic carbocycles. The molecule has 0 aromatic heterocycles. The molecule has 0 fully saturated rings. The van der Waals surface area contributed by atoms with Crippen LogP contribution >= 0.6 is 0 Å². The van der Waals surface area contributed by atoms with Crippen LogP contribution in [0.2, 0.25) is 0 Å². The number of ether oxygens (including phenoxy) is 1. The lowest BCUT2D eigenvalue weighted by Crippen LogP contribution is -2.46. The summed E-state index contributed by atoms with van der Waals surface area (Å²) in [6.45, 7) is 6.27. The van der Waals surface area contributed by atoms with Gasteiger partial charge >= 0.3 is 5.97 Å². The van der Waals surface area contributed by atoms with E-state index in [1.807, 2.05) is 60.8 Å². The number of esters is 1. The van der Waals surface area contributed by atoms with Crippen LogP contribution in [0, 0.1) is 0 Å². The molecule has 316 valence electrons. The van der Waals surface area contributed by atoms with Crippen molar-refractivity contribution in [1.82, 2.24) is 5.32 Å². The molecule has 0 aliphatic rings. The maximum Gasteiger partial charge on any atom is 0.306 e. The number of aliphatic hydroxyl groups is 2. The molecule has 0 rings (SSSR count). The molecule has 3 atom stereocenters. The van der Waals surface area contributed by atoms with E-state index in [1.54, 1.807) is 0 Å². The maximum atomic E-state index is 13.1. The van der Waals surface area contributed by atoms with Gasteiger partial charge in [-0.15, -0.1) is 0 Å². The number of hydrogen-bond acceptors (Lipinski definition) is 5. The first-order valence-corrected chi connectivity index (χ1v) is 22.7. The smallest absolute Gasteiger partial charge is 0.306 e. The Morgan fingerprint density at radius 2 is 0.982 bits per heavy atom. The van der Waals surface area contributed by atoms with Crippen molar-refractivity contribution in [1.29, 1.82) is 0 Å². The van der Waals surface area contributed by atoms with Gasteiger partial charge < -0.3 is 20.3 Å². The SMILES string of the molecule is CC\C=C/C=C/C=C/C=C\C=C\C=C\CCCC(CC(=O)NC(CO)C(O)CCCCCCCCCCCCCC)OC(=O)CCCCCCCCCCC. The van der Waals surface area contributed by atoms with Crippen LogP contribution in [0.5, 0.6) is 0 Å². The second-order valence-corrected chi connectivity index (χ2v) is 15.2.